The summed E-state index contributed by atoms with van der Waals surface area (Å²) in [6.07, 6.45) is 4.24. The Morgan fingerprint density at radius 3 is 2.45 bits per heavy atom. The van der Waals surface area contributed by atoms with Crippen molar-refractivity contribution in [3.8, 4) is 11.5 Å². The van der Waals surface area contributed by atoms with Gasteiger partial charge in [0.15, 0.2) is 0 Å². The molecule has 0 spiro atoms. The zero-order chi connectivity index (χ0) is 22.0. The summed E-state index contributed by atoms with van der Waals surface area (Å²) >= 11 is 0. The Hall–Kier alpha value is -2.57. The molecule has 2 heterocycles. The number of amides is 1. The maximum Gasteiger partial charge on any atom is 0.258 e. The molecule has 1 unspecified atom stereocenters. The summed E-state index contributed by atoms with van der Waals surface area (Å²) in [6.45, 7) is 5.56. The van der Waals surface area contributed by atoms with Gasteiger partial charge in [-0.25, -0.2) is 0 Å². The molecule has 0 bridgehead atoms. The molecule has 2 fully saturated rings. The van der Waals surface area contributed by atoms with E-state index in [4.69, 9.17) is 0 Å². The molecule has 2 aromatic rings. The minimum Gasteiger partial charge on any atom is -0.508 e. The van der Waals surface area contributed by atoms with Crippen LogP contribution in [-0.4, -0.2) is 58.6 Å². The second-order valence-electron chi connectivity index (χ2n) is 9.01. The van der Waals surface area contributed by atoms with E-state index < -0.39 is 0 Å². The molecule has 0 aromatic heterocycles. The summed E-state index contributed by atoms with van der Waals surface area (Å²) < 4.78 is 0. The maximum atomic E-state index is 13.2. The molecule has 2 saturated heterocycles. The van der Waals surface area contributed by atoms with Gasteiger partial charge in [0, 0.05) is 25.2 Å². The number of aryl methyl sites for hydroxylation is 1. The highest BCUT2D eigenvalue weighted by Crippen LogP contribution is 2.36. The molecule has 2 aliphatic heterocycles. The number of carbonyl (C=O) groups is 1. The molecule has 3 N–H and O–H groups in total. The molecule has 1 atom stereocenters. The van der Waals surface area contributed by atoms with Gasteiger partial charge >= 0.3 is 0 Å². The fourth-order valence-electron chi connectivity index (χ4n) is 4.70. The molecule has 6 heteroatoms. The van der Waals surface area contributed by atoms with Gasteiger partial charge in [-0.05, 0) is 75.5 Å². The van der Waals surface area contributed by atoms with Crippen LogP contribution in [-0.2, 0) is 6.54 Å². The minimum atomic E-state index is -0.184. The van der Waals surface area contributed by atoms with Crippen LogP contribution in [0.3, 0.4) is 0 Å². The van der Waals surface area contributed by atoms with E-state index in [1.54, 1.807) is 13.0 Å². The Kier molecular flexibility index (Phi) is 6.49. The standard InChI is InChI=1S/C25H33N3O3/c1-17-14-21(24(30)15-23(17)29)25(31)28-11-3-4-22(28)19-7-5-18(6-8-19)16-26-20-9-12-27(2)13-10-20/h5-8,14-15,20,22,26,29-30H,3-4,9-13,16H2,1-2H3. The highest BCUT2D eigenvalue weighted by molar-refractivity contribution is 5.97. The smallest absolute Gasteiger partial charge is 0.258 e. The number of rotatable bonds is 5. The fraction of sp³-hybridized carbons (Fsp3) is 0.480. The van der Waals surface area contributed by atoms with Crippen molar-refractivity contribution in [3.63, 3.8) is 0 Å². The molecule has 4 rings (SSSR count). The van der Waals surface area contributed by atoms with E-state index in [1.807, 2.05) is 4.90 Å². The van der Waals surface area contributed by atoms with Crippen LogP contribution in [0.2, 0.25) is 0 Å². The van der Waals surface area contributed by atoms with Gasteiger partial charge in [-0.15, -0.1) is 0 Å². The number of carbonyl (C=O) groups excluding carboxylic acids is 1. The van der Waals surface area contributed by atoms with Crippen molar-refractivity contribution in [3.05, 3.63) is 58.7 Å². The minimum absolute atomic E-state index is 0.00327. The molecule has 0 aliphatic carbocycles. The van der Waals surface area contributed by atoms with Crippen LogP contribution in [0.25, 0.3) is 0 Å². The summed E-state index contributed by atoms with van der Waals surface area (Å²) in [5.74, 6) is -0.360. The molecule has 2 aromatic carbocycles. The van der Waals surface area contributed by atoms with Crippen LogP contribution in [0.15, 0.2) is 36.4 Å². The van der Waals surface area contributed by atoms with E-state index in [0.717, 1.165) is 38.0 Å². The van der Waals surface area contributed by atoms with Crippen molar-refractivity contribution in [2.45, 2.75) is 51.2 Å². The third-order valence-corrected chi connectivity index (χ3v) is 6.74. The van der Waals surface area contributed by atoms with Crippen molar-refractivity contribution in [2.75, 3.05) is 26.7 Å². The summed E-state index contributed by atoms with van der Waals surface area (Å²) in [7, 11) is 2.18. The molecule has 6 nitrogen and oxygen atoms in total. The number of nitrogens with zero attached hydrogens (tertiary/aromatic N) is 2. The predicted octanol–water partition coefficient (Wildman–Crippen LogP) is 3.57. The average molecular weight is 424 g/mol. The van der Waals surface area contributed by atoms with Gasteiger partial charge in [-0.2, -0.15) is 0 Å². The monoisotopic (exact) mass is 423 g/mol. The number of hydrogen-bond acceptors (Lipinski definition) is 5. The predicted molar refractivity (Wildman–Crippen MR) is 121 cm³/mol. The number of aromatic hydroxyl groups is 2. The van der Waals surface area contributed by atoms with Crippen molar-refractivity contribution in [2.24, 2.45) is 0 Å². The summed E-state index contributed by atoms with van der Waals surface area (Å²) in [6, 6.07) is 12.0. The number of phenolic OH excluding ortho intramolecular Hbond substituents is 2. The van der Waals surface area contributed by atoms with Crippen LogP contribution in [0.1, 0.15) is 58.8 Å². The molecular formula is C25H33N3O3. The van der Waals surface area contributed by atoms with Crippen LogP contribution < -0.4 is 5.32 Å². The molecule has 0 saturated carbocycles. The molecule has 166 valence electrons. The first-order chi connectivity index (χ1) is 14.9. The molecule has 31 heavy (non-hydrogen) atoms. The lowest BCUT2D eigenvalue weighted by Gasteiger charge is -2.29. The second kappa shape index (κ2) is 9.28. The quantitative estimate of drug-likeness (QED) is 0.686. The third kappa shape index (κ3) is 4.86. The highest BCUT2D eigenvalue weighted by atomic mass is 16.3. The Morgan fingerprint density at radius 1 is 1.03 bits per heavy atom. The maximum absolute atomic E-state index is 13.2. The first-order valence-electron chi connectivity index (χ1n) is 11.3. The van der Waals surface area contributed by atoms with Gasteiger partial charge in [0.2, 0.25) is 0 Å². The second-order valence-corrected chi connectivity index (χ2v) is 9.01. The van der Waals surface area contributed by atoms with Crippen molar-refractivity contribution < 1.29 is 15.0 Å². The van der Waals surface area contributed by atoms with E-state index in [1.165, 1.54) is 24.5 Å². The normalized spacial score (nSPS) is 20.3. The summed E-state index contributed by atoms with van der Waals surface area (Å²) in [4.78, 5) is 17.4. The van der Waals surface area contributed by atoms with Gasteiger partial charge in [0.25, 0.3) is 5.91 Å². The molecule has 1 amide bonds. The van der Waals surface area contributed by atoms with Gasteiger partial charge in [-0.1, -0.05) is 24.3 Å². The number of piperidine rings is 1. The Bertz CT molecular complexity index is 920. The van der Waals surface area contributed by atoms with E-state index >= 15 is 0 Å². The highest BCUT2D eigenvalue weighted by Gasteiger charge is 2.32. The molecule has 0 radical (unpaired) electrons. The van der Waals surface area contributed by atoms with Gasteiger partial charge in [0.05, 0.1) is 11.6 Å². The fourth-order valence-corrected chi connectivity index (χ4v) is 4.70. The number of phenols is 2. The molecular weight excluding hydrogens is 390 g/mol. The van der Waals surface area contributed by atoms with E-state index in [0.29, 0.717) is 18.2 Å². The van der Waals surface area contributed by atoms with Crippen molar-refractivity contribution >= 4 is 5.91 Å². The number of hydrogen-bond donors (Lipinski definition) is 3. The summed E-state index contributed by atoms with van der Waals surface area (Å²) in [5, 5.41) is 23.7. The molecule has 2 aliphatic rings. The topological polar surface area (TPSA) is 76.0 Å². The first kappa shape index (κ1) is 21.7. The third-order valence-electron chi connectivity index (χ3n) is 6.74. The Labute approximate surface area is 184 Å². The van der Waals surface area contributed by atoms with Crippen LogP contribution in [0.4, 0.5) is 0 Å². The SMILES string of the molecule is Cc1cc(C(=O)N2CCCC2c2ccc(CNC3CCN(C)CC3)cc2)c(O)cc1O. The van der Waals surface area contributed by atoms with Crippen LogP contribution in [0.5, 0.6) is 11.5 Å². The van der Waals surface area contributed by atoms with E-state index in [9.17, 15) is 15.0 Å². The van der Waals surface area contributed by atoms with E-state index in [2.05, 4.69) is 41.5 Å². The Balaban J connectivity index is 1.41. The number of benzene rings is 2. The first-order valence-corrected chi connectivity index (χ1v) is 11.3. The summed E-state index contributed by atoms with van der Waals surface area (Å²) in [5.41, 5.74) is 3.22. The number of nitrogens with one attached hydrogen (secondary N) is 1. The zero-order valence-electron chi connectivity index (χ0n) is 18.5. The lowest BCUT2D eigenvalue weighted by Crippen LogP contribution is -2.40. The number of likely N-dealkylation sites (tertiary alicyclic amines) is 2. The van der Waals surface area contributed by atoms with Crippen LogP contribution in [0, 0.1) is 6.92 Å². The van der Waals surface area contributed by atoms with Crippen LogP contribution >= 0.6 is 0 Å². The lowest BCUT2D eigenvalue weighted by atomic mass is 10.0. The zero-order valence-corrected chi connectivity index (χ0v) is 18.5. The van der Waals surface area contributed by atoms with E-state index in [-0.39, 0.29) is 29.0 Å². The van der Waals surface area contributed by atoms with Gasteiger partial charge < -0.3 is 25.3 Å². The Morgan fingerprint density at radius 2 is 1.74 bits per heavy atom. The lowest BCUT2D eigenvalue weighted by molar-refractivity contribution is 0.0732. The van der Waals surface area contributed by atoms with Gasteiger partial charge in [0.1, 0.15) is 11.5 Å². The van der Waals surface area contributed by atoms with Crippen molar-refractivity contribution in [1.29, 1.82) is 0 Å². The average Bonchev–Trinajstić information content (AvgIpc) is 3.26. The van der Waals surface area contributed by atoms with Gasteiger partial charge in [-0.3, -0.25) is 4.79 Å². The van der Waals surface area contributed by atoms with Crippen molar-refractivity contribution in [1.82, 2.24) is 15.1 Å². The largest absolute Gasteiger partial charge is 0.508 e.